The predicted molar refractivity (Wildman–Crippen MR) is 77.0 cm³/mol. The largest absolute Gasteiger partial charge is 0.383 e. The van der Waals surface area contributed by atoms with Crippen molar-refractivity contribution in [2.75, 3.05) is 19.0 Å². The van der Waals surface area contributed by atoms with E-state index in [2.05, 4.69) is 10.4 Å². The summed E-state index contributed by atoms with van der Waals surface area (Å²) in [5.41, 5.74) is 1.38. The van der Waals surface area contributed by atoms with Gasteiger partial charge in [0, 0.05) is 13.7 Å². The number of methoxy groups -OCH3 is 1. The number of thiophene rings is 1. The summed E-state index contributed by atoms with van der Waals surface area (Å²) < 4.78 is 6.20. The minimum absolute atomic E-state index is 0.154. The van der Waals surface area contributed by atoms with Crippen molar-refractivity contribution in [3.8, 4) is 0 Å². The fourth-order valence-electron chi connectivity index (χ4n) is 1.52. The average molecular weight is 300 g/mol. The molecule has 0 spiro atoms. The van der Waals surface area contributed by atoms with Crippen LogP contribution < -0.4 is 10.9 Å². The maximum absolute atomic E-state index is 11.9. The molecule has 5 nitrogen and oxygen atoms in total. The van der Waals surface area contributed by atoms with Crippen molar-refractivity contribution < 1.29 is 4.74 Å². The lowest BCUT2D eigenvalue weighted by molar-refractivity contribution is 0.182. The monoisotopic (exact) mass is 299 g/mol. The molecule has 102 valence electrons. The molecule has 2 aromatic heterocycles. The van der Waals surface area contributed by atoms with Gasteiger partial charge in [-0.15, -0.1) is 0 Å². The van der Waals surface area contributed by atoms with Crippen LogP contribution in [0.5, 0.6) is 0 Å². The second kappa shape index (κ2) is 6.70. The summed E-state index contributed by atoms with van der Waals surface area (Å²) in [6.45, 7) is 1.43. The van der Waals surface area contributed by atoms with E-state index in [0.717, 1.165) is 5.56 Å². The van der Waals surface area contributed by atoms with Gasteiger partial charge in [-0.2, -0.15) is 16.4 Å². The molecule has 0 fully saturated rings. The number of hydrogen-bond donors (Lipinski definition) is 1. The molecular weight excluding hydrogens is 286 g/mol. The van der Waals surface area contributed by atoms with Gasteiger partial charge in [-0.05, 0) is 22.4 Å². The lowest BCUT2D eigenvalue weighted by Gasteiger charge is -2.09. The number of ether oxygens (including phenoxy) is 1. The zero-order valence-electron chi connectivity index (χ0n) is 10.4. The summed E-state index contributed by atoms with van der Waals surface area (Å²) in [6, 6.07) is 2.01. The highest BCUT2D eigenvalue weighted by Crippen LogP contribution is 2.17. The quantitative estimate of drug-likeness (QED) is 0.888. The topological polar surface area (TPSA) is 56.1 Å². The van der Waals surface area contributed by atoms with E-state index in [1.165, 1.54) is 4.68 Å². The van der Waals surface area contributed by atoms with Crippen molar-refractivity contribution in [3.63, 3.8) is 0 Å². The molecule has 1 N–H and O–H groups in total. The van der Waals surface area contributed by atoms with Crippen molar-refractivity contribution in [2.45, 2.75) is 13.1 Å². The summed E-state index contributed by atoms with van der Waals surface area (Å²) in [7, 11) is 1.57. The van der Waals surface area contributed by atoms with E-state index >= 15 is 0 Å². The molecule has 0 unspecified atom stereocenters. The fraction of sp³-hybridized carbons (Fsp3) is 0.333. The van der Waals surface area contributed by atoms with E-state index in [0.29, 0.717) is 25.4 Å². The standard InChI is InChI=1S/C12H14ClN3O2S/c1-18-4-3-16-12(17)11(13)10(7-15-16)14-6-9-2-5-19-8-9/h2,5,7-8,14H,3-4,6H2,1H3. The Labute approximate surface area is 119 Å². The van der Waals surface area contributed by atoms with Gasteiger partial charge in [0.25, 0.3) is 5.56 Å². The molecule has 2 heterocycles. The van der Waals surface area contributed by atoms with Crippen LogP contribution in [0.2, 0.25) is 5.02 Å². The first-order valence-corrected chi connectivity index (χ1v) is 7.04. The SMILES string of the molecule is COCCn1ncc(NCc2ccsc2)c(Cl)c1=O. The first-order chi connectivity index (χ1) is 9.22. The molecule has 7 heteroatoms. The van der Waals surface area contributed by atoms with Crippen molar-refractivity contribution in [1.82, 2.24) is 9.78 Å². The number of rotatable bonds is 6. The first-order valence-electron chi connectivity index (χ1n) is 5.72. The van der Waals surface area contributed by atoms with Gasteiger partial charge in [0.2, 0.25) is 0 Å². The molecule has 0 aliphatic rings. The van der Waals surface area contributed by atoms with Gasteiger partial charge < -0.3 is 10.1 Å². The summed E-state index contributed by atoms with van der Waals surface area (Å²) in [6.07, 6.45) is 1.56. The summed E-state index contributed by atoms with van der Waals surface area (Å²) in [5, 5.41) is 11.4. The molecule has 0 bridgehead atoms. The van der Waals surface area contributed by atoms with Gasteiger partial charge in [0.1, 0.15) is 5.02 Å². The molecule has 0 aliphatic carbocycles. The van der Waals surface area contributed by atoms with Gasteiger partial charge in [0.15, 0.2) is 0 Å². The smallest absolute Gasteiger partial charge is 0.287 e. The molecule has 0 amide bonds. The number of nitrogens with zero attached hydrogens (tertiary/aromatic N) is 2. The van der Waals surface area contributed by atoms with Gasteiger partial charge >= 0.3 is 0 Å². The van der Waals surface area contributed by atoms with Gasteiger partial charge in [-0.3, -0.25) is 4.79 Å². The highest BCUT2D eigenvalue weighted by atomic mass is 35.5. The third-order valence-electron chi connectivity index (χ3n) is 2.56. The minimum Gasteiger partial charge on any atom is -0.383 e. The van der Waals surface area contributed by atoms with Crippen molar-refractivity contribution in [1.29, 1.82) is 0 Å². The van der Waals surface area contributed by atoms with E-state index in [4.69, 9.17) is 16.3 Å². The van der Waals surface area contributed by atoms with E-state index in [1.807, 2.05) is 16.8 Å². The molecule has 0 atom stereocenters. The molecule has 0 aromatic carbocycles. The van der Waals surface area contributed by atoms with E-state index < -0.39 is 0 Å². The second-order valence-electron chi connectivity index (χ2n) is 3.88. The van der Waals surface area contributed by atoms with Gasteiger partial charge in [0.05, 0.1) is 25.0 Å². The molecule has 2 aromatic rings. The molecule has 0 saturated carbocycles. The van der Waals surface area contributed by atoms with Crippen LogP contribution in [0.4, 0.5) is 5.69 Å². The Hall–Kier alpha value is -1.37. The van der Waals surface area contributed by atoms with Crippen molar-refractivity contribution in [2.24, 2.45) is 0 Å². The Balaban J connectivity index is 2.09. The molecular formula is C12H14ClN3O2S. The zero-order valence-corrected chi connectivity index (χ0v) is 12.0. The maximum Gasteiger partial charge on any atom is 0.287 e. The molecule has 2 rings (SSSR count). The molecule has 19 heavy (non-hydrogen) atoms. The van der Waals surface area contributed by atoms with E-state index in [-0.39, 0.29) is 10.6 Å². The fourth-order valence-corrected chi connectivity index (χ4v) is 2.40. The molecule has 0 aliphatic heterocycles. The van der Waals surface area contributed by atoms with E-state index in [9.17, 15) is 4.79 Å². The van der Waals surface area contributed by atoms with Crippen LogP contribution in [0.25, 0.3) is 0 Å². The Morgan fingerprint density at radius 2 is 2.42 bits per heavy atom. The second-order valence-corrected chi connectivity index (χ2v) is 5.04. The van der Waals surface area contributed by atoms with E-state index in [1.54, 1.807) is 24.6 Å². The lowest BCUT2D eigenvalue weighted by atomic mass is 10.3. The van der Waals surface area contributed by atoms with Crippen LogP contribution in [-0.2, 0) is 17.8 Å². The van der Waals surface area contributed by atoms with Crippen LogP contribution in [0.1, 0.15) is 5.56 Å². The summed E-state index contributed by atoms with van der Waals surface area (Å²) in [4.78, 5) is 11.9. The highest BCUT2D eigenvalue weighted by molar-refractivity contribution is 7.07. The number of anilines is 1. The molecule has 0 saturated heterocycles. The highest BCUT2D eigenvalue weighted by Gasteiger charge is 2.08. The maximum atomic E-state index is 11.9. The summed E-state index contributed by atoms with van der Waals surface area (Å²) >= 11 is 7.67. The van der Waals surface area contributed by atoms with Gasteiger partial charge in [-0.25, -0.2) is 4.68 Å². The Morgan fingerprint density at radius 3 is 3.11 bits per heavy atom. The van der Waals surface area contributed by atoms with Crippen LogP contribution >= 0.6 is 22.9 Å². The minimum atomic E-state index is -0.311. The Bertz CT molecular complexity index is 583. The first kappa shape index (κ1) is 14.0. The van der Waals surface area contributed by atoms with Gasteiger partial charge in [-0.1, -0.05) is 11.6 Å². The average Bonchev–Trinajstić information content (AvgIpc) is 2.92. The third-order valence-corrected chi connectivity index (χ3v) is 3.65. The number of aromatic nitrogens is 2. The third kappa shape index (κ3) is 3.56. The predicted octanol–water partition coefficient (Wildman–Crippen LogP) is 2.22. The van der Waals surface area contributed by atoms with Crippen LogP contribution in [-0.4, -0.2) is 23.5 Å². The lowest BCUT2D eigenvalue weighted by Crippen LogP contribution is -2.26. The molecule has 0 radical (unpaired) electrons. The summed E-state index contributed by atoms with van der Waals surface area (Å²) in [5.74, 6) is 0. The normalized spacial score (nSPS) is 10.6. The Kier molecular flexibility index (Phi) is 4.95. The number of nitrogens with one attached hydrogen (secondary N) is 1. The van der Waals surface area contributed by atoms with Crippen LogP contribution in [0, 0.1) is 0 Å². The van der Waals surface area contributed by atoms with Crippen molar-refractivity contribution >= 4 is 28.6 Å². The number of halogens is 1. The Morgan fingerprint density at radius 1 is 1.58 bits per heavy atom. The zero-order chi connectivity index (χ0) is 13.7. The number of hydrogen-bond acceptors (Lipinski definition) is 5. The van der Waals surface area contributed by atoms with Crippen molar-refractivity contribution in [3.05, 3.63) is 44.0 Å². The van der Waals surface area contributed by atoms with Crippen LogP contribution in [0.3, 0.4) is 0 Å². The van der Waals surface area contributed by atoms with Crippen LogP contribution in [0.15, 0.2) is 27.8 Å².